The highest BCUT2D eigenvalue weighted by molar-refractivity contribution is 5.85. The lowest BCUT2D eigenvalue weighted by molar-refractivity contribution is -0.132. The van der Waals surface area contributed by atoms with Crippen LogP contribution in [0.1, 0.15) is 23.6 Å². The second-order valence-corrected chi connectivity index (χ2v) is 5.76. The molecule has 2 rings (SSSR count). The smallest absolute Gasteiger partial charge is 0.279 e. The number of carbonyl (C=O) groups is 2. The Kier molecular flexibility index (Phi) is 6.11. The van der Waals surface area contributed by atoms with E-state index in [2.05, 4.69) is 10.9 Å². The van der Waals surface area contributed by atoms with Crippen molar-refractivity contribution in [3.8, 4) is 5.75 Å². The van der Waals surface area contributed by atoms with Crippen molar-refractivity contribution in [1.82, 2.24) is 10.9 Å². The minimum Gasteiger partial charge on any atom is -0.481 e. The minimum absolute atomic E-state index is 0.167. The number of halogens is 1. The topological polar surface area (TPSA) is 67.4 Å². The first-order chi connectivity index (χ1) is 11.9. The SMILES string of the molecule is Cc1cccc(OC(C)C(=O)NNC(=O)Cc2ccccc2F)c1C. The van der Waals surface area contributed by atoms with E-state index in [-0.39, 0.29) is 12.0 Å². The van der Waals surface area contributed by atoms with Crippen molar-refractivity contribution in [2.75, 3.05) is 0 Å². The summed E-state index contributed by atoms with van der Waals surface area (Å²) in [5.74, 6) is -0.865. The van der Waals surface area contributed by atoms with E-state index in [1.807, 2.05) is 26.0 Å². The van der Waals surface area contributed by atoms with E-state index in [1.165, 1.54) is 12.1 Å². The third kappa shape index (κ3) is 5.04. The summed E-state index contributed by atoms with van der Waals surface area (Å²) in [5, 5.41) is 0. The summed E-state index contributed by atoms with van der Waals surface area (Å²) in [4.78, 5) is 23.9. The molecular weight excluding hydrogens is 323 g/mol. The fourth-order valence-electron chi connectivity index (χ4n) is 2.19. The molecule has 2 aromatic carbocycles. The average molecular weight is 344 g/mol. The maximum Gasteiger partial charge on any atom is 0.279 e. The van der Waals surface area contributed by atoms with Gasteiger partial charge in [-0.15, -0.1) is 0 Å². The highest BCUT2D eigenvalue weighted by Gasteiger charge is 2.17. The van der Waals surface area contributed by atoms with Crippen molar-refractivity contribution >= 4 is 11.8 Å². The molecule has 0 fully saturated rings. The second-order valence-electron chi connectivity index (χ2n) is 5.76. The minimum atomic E-state index is -0.797. The lowest BCUT2D eigenvalue weighted by atomic mass is 10.1. The number of ether oxygens (including phenoxy) is 1. The van der Waals surface area contributed by atoms with E-state index in [9.17, 15) is 14.0 Å². The lowest BCUT2D eigenvalue weighted by Crippen LogP contribution is -2.47. The quantitative estimate of drug-likeness (QED) is 0.820. The Labute approximate surface area is 146 Å². The molecule has 0 aliphatic rings. The van der Waals surface area contributed by atoms with Gasteiger partial charge < -0.3 is 4.74 Å². The van der Waals surface area contributed by atoms with Crippen LogP contribution in [-0.2, 0) is 16.0 Å². The van der Waals surface area contributed by atoms with Gasteiger partial charge in [0, 0.05) is 0 Å². The van der Waals surface area contributed by atoms with Crippen LogP contribution in [-0.4, -0.2) is 17.9 Å². The maximum atomic E-state index is 13.5. The first-order valence-corrected chi connectivity index (χ1v) is 7.93. The predicted octanol–water partition coefficient (Wildman–Crippen LogP) is 2.60. The molecule has 0 saturated carbocycles. The molecule has 0 saturated heterocycles. The standard InChI is InChI=1S/C19H21FN2O3/c1-12-7-6-10-17(13(12)2)25-14(3)19(24)22-21-18(23)11-15-8-4-5-9-16(15)20/h4-10,14H,11H2,1-3H3,(H,21,23)(H,22,24). The summed E-state index contributed by atoms with van der Waals surface area (Å²) in [5.41, 5.74) is 6.82. The van der Waals surface area contributed by atoms with Gasteiger partial charge in [0.25, 0.3) is 5.91 Å². The van der Waals surface area contributed by atoms with Gasteiger partial charge in [-0.25, -0.2) is 4.39 Å². The van der Waals surface area contributed by atoms with Gasteiger partial charge in [-0.1, -0.05) is 30.3 Å². The highest BCUT2D eigenvalue weighted by Crippen LogP contribution is 2.21. The van der Waals surface area contributed by atoms with Crippen LogP contribution in [0.15, 0.2) is 42.5 Å². The Balaban J connectivity index is 1.86. The van der Waals surface area contributed by atoms with Crippen molar-refractivity contribution in [3.05, 3.63) is 65.0 Å². The summed E-state index contributed by atoms with van der Waals surface area (Å²) in [6.07, 6.45) is -0.964. The van der Waals surface area contributed by atoms with Crippen molar-refractivity contribution in [3.63, 3.8) is 0 Å². The maximum absolute atomic E-state index is 13.5. The number of amides is 2. The number of hydrogen-bond donors (Lipinski definition) is 2. The van der Waals surface area contributed by atoms with Crippen LogP contribution >= 0.6 is 0 Å². The normalized spacial score (nSPS) is 11.5. The second kappa shape index (κ2) is 8.28. The van der Waals surface area contributed by atoms with E-state index in [1.54, 1.807) is 25.1 Å². The first kappa shape index (κ1) is 18.4. The molecule has 6 heteroatoms. The average Bonchev–Trinajstić information content (AvgIpc) is 2.58. The predicted molar refractivity (Wildman–Crippen MR) is 92.4 cm³/mol. The van der Waals surface area contributed by atoms with Gasteiger partial charge in [0.15, 0.2) is 6.10 Å². The van der Waals surface area contributed by atoms with Crippen LogP contribution in [0.3, 0.4) is 0 Å². The Morgan fingerprint density at radius 1 is 1.08 bits per heavy atom. The van der Waals surface area contributed by atoms with Gasteiger partial charge in [-0.05, 0) is 49.6 Å². The number of hydrogen-bond acceptors (Lipinski definition) is 3. The molecule has 2 N–H and O–H groups in total. The molecule has 1 atom stereocenters. The Hall–Kier alpha value is -2.89. The molecule has 0 bridgehead atoms. The van der Waals surface area contributed by atoms with Crippen LogP contribution in [0, 0.1) is 19.7 Å². The number of carbonyl (C=O) groups excluding carboxylic acids is 2. The molecule has 0 aromatic heterocycles. The third-order valence-corrected chi connectivity index (χ3v) is 3.86. The number of rotatable bonds is 5. The summed E-state index contributed by atoms with van der Waals surface area (Å²) >= 11 is 0. The lowest BCUT2D eigenvalue weighted by Gasteiger charge is -2.17. The summed E-state index contributed by atoms with van der Waals surface area (Å²) in [6.45, 7) is 5.45. The van der Waals surface area contributed by atoms with E-state index >= 15 is 0 Å². The van der Waals surface area contributed by atoms with Crippen LogP contribution < -0.4 is 15.6 Å². The molecule has 2 amide bonds. The van der Waals surface area contributed by atoms with Gasteiger partial charge in [0.1, 0.15) is 11.6 Å². The molecular formula is C19H21FN2O3. The van der Waals surface area contributed by atoms with Crippen LogP contribution in [0.4, 0.5) is 4.39 Å². The monoisotopic (exact) mass is 344 g/mol. The molecule has 0 aliphatic heterocycles. The largest absolute Gasteiger partial charge is 0.481 e. The molecule has 0 spiro atoms. The van der Waals surface area contributed by atoms with Crippen molar-refractivity contribution in [2.24, 2.45) is 0 Å². The van der Waals surface area contributed by atoms with Gasteiger partial charge >= 0.3 is 0 Å². The third-order valence-electron chi connectivity index (χ3n) is 3.86. The molecule has 1 unspecified atom stereocenters. The summed E-state index contributed by atoms with van der Waals surface area (Å²) < 4.78 is 19.1. The van der Waals surface area contributed by atoms with Crippen LogP contribution in [0.5, 0.6) is 5.75 Å². The fourth-order valence-corrected chi connectivity index (χ4v) is 2.19. The van der Waals surface area contributed by atoms with E-state index in [0.29, 0.717) is 5.75 Å². The van der Waals surface area contributed by atoms with Gasteiger partial charge in [-0.2, -0.15) is 0 Å². The molecule has 0 radical (unpaired) electrons. The molecule has 5 nitrogen and oxygen atoms in total. The number of benzene rings is 2. The molecule has 0 aliphatic carbocycles. The van der Waals surface area contributed by atoms with Gasteiger partial charge in [-0.3, -0.25) is 20.4 Å². The Morgan fingerprint density at radius 2 is 1.80 bits per heavy atom. The summed E-state index contributed by atoms with van der Waals surface area (Å²) in [6, 6.07) is 11.6. The zero-order valence-electron chi connectivity index (χ0n) is 14.4. The van der Waals surface area contributed by atoms with E-state index in [0.717, 1.165) is 11.1 Å². The Morgan fingerprint density at radius 3 is 2.52 bits per heavy atom. The fraction of sp³-hybridized carbons (Fsp3) is 0.263. The van der Waals surface area contributed by atoms with E-state index < -0.39 is 23.7 Å². The zero-order valence-corrected chi connectivity index (χ0v) is 14.4. The molecule has 0 heterocycles. The first-order valence-electron chi connectivity index (χ1n) is 7.93. The van der Waals surface area contributed by atoms with Crippen LogP contribution in [0.2, 0.25) is 0 Å². The zero-order chi connectivity index (χ0) is 18.4. The summed E-state index contributed by atoms with van der Waals surface area (Å²) in [7, 11) is 0. The number of hydrazine groups is 1. The highest BCUT2D eigenvalue weighted by atomic mass is 19.1. The van der Waals surface area contributed by atoms with Gasteiger partial charge in [0.05, 0.1) is 6.42 Å². The van der Waals surface area contributed by atoms with Crippen molar-refractivity contribution in [1.29, 1.82) is 0 Å². The molecule has 25 heavy (non-hydrogen) atoms. The van der Waals surface area contributed by atoms with Crippen LogP contribution in [0.25, 0.3) is 0 Å². The van der Waals surface area contributed by atoms with Crippen molar-refractivity contribution in [2.45, 2.75) is 33.3 Å². The van der Waals surface area contributed by atoms with E-state index in [4.69, 9.17) is 4.74 Å². The van der Waals surface area contributed by atoms with Crippen molar-refractivity contribution < 1.29 is 18.7 Å². The molecule has 2 aromatic rings. The van der Waals surface area contributed by atoms with Gasteiger partial charge in [0.2, 0.25) is 5.91 Å². The number of nitrogens with one attached hydrogen (secondary N) is 2. The molecule has 132 valence electrons. The number of aryl methyl sites for hydroxylation is 1. The Bertz CT molecular complexity index is 777.